The Morgan fingerprint density at radius 2 is 1.35 bits per heavy atom. The van der Waals surface area contributed by atoms with Crippen LogP contribution in [-0.4, -0.2) is 68.0 Å². The number of hydrogen-bond acceptors (Lipinski definition) is 8. The van der Waals surface area contributed by atoms with Crippen molar-refractivity contribution in [3.8, 4) is 11.4 Å². The van der Waals surface area contributed by atoms with Gasteiger partial charge in [-0.3, -0.25) is 14.4 Å². The van der Waals surface area contributed by atoms with Crippen LogP contribution in [0.25, 0.3) is 16.7 Å². The highest BCUT2D eigenvalue weighted by molar-refractivity contribution is 5.83. The normalized spacial score (nSPS) is 17.3. The summed E-state index contributed by atoms with van der Waals surface area (Å²) < 4.78 is 1.71. The Morgan fingerprint density at radius 3 is 1.86 bits per heavy atom. The highest BCUT2D eigenvalue weighted by Crippen LogP contribution is 2.34. The van der Waals surface area contributed by atoms with Crippen molar-refractivity contribution in [2.45, 2.75) is 32.6 Å². The number of carboxylic acid groups (broad SMARTS) is 2. The second-order valence-electron chi connectivity index (χ2n) is 9.73. The lowest BCUT2D eigenvalue weighted by Gasteiger charge is -2.36. The van der Waals surface area contributed by atoms with Crippen LogP contribution in [0.2, 0.25) is 0 Å². The standard InChI is InChI=1S/C26H29N5O6/c1-15-22(33)21(32)8-13-31(15)18-2-3-19-20(14-18)28-24(30-11-6-17(7-12-30)26(36)37)23(27-19)29-9-4-16(5-10-29)25(34)35/h2-3,8,13-14,16-17,33H,4-7,9-12H2,1H3,(H,34,35)(H,36,37). The van der Waals surface area contributed by atoms with E-state index in [-0.39, 0.29) is 17.6 Å². The van der Waals surface area contributed by atoms with Gasteiger partial charge >= 0.3 is 11.9 Å². The van der Waals surface area contributed by atoms with Crippen molar-refractivity contribution in [2.24, 2.45) is 11.8 Å². The molecule has 37 heavy (non-hydrogen) atoms. The van der Waals surface area contributed by atoms with Crippen molar-refractivity contribution in [1.29, 1.82) is 0 Å². The van der Waals surface area contributed by atoms with Gasteiger partial charge in [-0.1, -0.05) is 0 Å². The van der Waals surface area contributed by atoms with E-state index in [9.17, 15) is 29.7 Å². The largest absolute Gasteiger partial charge is 0.503 e. The number of anilines is 2. The molecule has 0 aliphatic carbocycles. The zero-order valence-corrected chi connectivity index (χ0v) is 20.5. The number of fused-ring (bicyclic) bond motifs is 1. The van der Waals surface area contributed by atoms with Gasteiger partial charge in [-0.25, -0.2) is 9.97 Å². The van der Waals surface area contributed by atoms with E-state index in [0.717, 1.165) is 0 Å². The maximum absolute atomic E-state index is 11.8. The molecule has 3 aromatic rings. The topological polar surface area (TPSA) is 149 Å². The van der Waals surface area contributed by atoms with Crippen LogP contribution in [0.4, 0.5) is 11.6 Å². The minimum Gasteiger partial charge on any atom is -0.503 e. The molecule has 2 aromatic heterocycles. The number of benzene rings is 1. The molecule has 3 N–H and O–H groups in total. The van der Waals surface area contributed by atoms with Crippen LogP contribution in [0.1, 0.15) is 31.4 Å². The van der Waals surface area contributed by atoms with Crippen LogP contribution in [0.15, 0.2) is 35.3 Å². The summed E-state index contributed by atoms with van der Waals surface area (Å²) in [6.07, 6.45) is 3.65. The summed E-state index contributed by atoms with van der Waals surface area (Å²) >= 11 is 0. The average molecular weight is 508 g/mol. The summed E-state index contributed by atoms with van der Waals surface area (Å²) in [5.74, 6) is -1.31. The Hall–Kier alpha value is -4.15. The van der Waals surface area contributed by atoms with E-state index in [1.807, 2.05) is 18.2 Å². The quantitative estimate of drug-likeness (QED) is 0.470. The average Bonchev–Trinajstić information content (AvgIpc) is 2.91. The summed E-state index contributed by atoms with van der Waals surface area (Å²) in [6, 6.07) is 6.82. The lowest BCUT2D eigenvalue weighted by Crippen LogP contribution is -2.40. The number of carbonyl (C=O) groups is 2. The maximum atomic E-state index is 11.8. The molecule has 0 bridgehead atoms. The van der Waals surface area contributed by atoms with Gasteiger partial charge in [0.15, 0.2) is 17.4 Å². The van der Waals surface area contributed by atoms with E-state index in [0.29, 0.717) is 85.9 Å². The molecule has 0 saturated carbocycles. The van der Waals surface area contributed by atoms with Gasteiger partial charge in [0.05, 0.1) is 28.6 Å². The molecule has 0 spiro atoms. The van der Waals surface area contributed by atoms with Gasteiger partial charge in [-0.15, -0.1) is 0 Å². The van der Waals surface area contributed by atoms with Crippen molar-refractivity contribution in [2.75, 3.05) is 36.0 Å². The number of aromatic hydroxyl groups is 1. The van der Waals surface area contributed by atoms with Crippen molar-refractivity contribution < 1.29 is 24.9 Å². The van der Waals surface area contributed by atoms with E-state index in [4.69, 9.17) is 9.97 Å². The van der Waals surface area contributed by atoms with Gasteiger partial charge in [0.2, 0.25) is 5.43 Å². The molecule has 2 aliphatic rings. The van der Waals surface area contributed by atoms with Crippen molar-refractivity contribution in [1.82, 2.24) is 14.5 Å². The molecule has 11 heteroatoms. The van der Waals surface area contributed by atoms with Crippen molar-refractivity contribution in [3.05, 3.63) is 46.4 Å². The van der Waals surface area contributed by atoms with Crippen LogP contribution < -0.4 is 15.2 Å². The van der Waals surface area contributed by atoms with E-state index in [1.54, 1.807) is 17.7 Å². The van der Waals surface area contributed by atoms with E-state index in [2.05, 4.69) is 9.80 Å². The Bertz CT molecular complexity index is 1420. The van der Waals surface area contributed by atoms with Crippen LogP contribution in [0, 0.1) is 18.8 Å². The summed E-state index contributed by atoms with van der Waals surface area (Å²) in [5, 5.41) is 28.9. The van der Waals surface area contributed by atoms with Crippen molar-refractivity contribution >= 4 is 34.6 Å². The Balaban J connectivity index is 1.55. The first-order valence-electron chi connectivity index (χ1n) is 12.4. The zero-order chi connectivity index (χ0) is 26.3. The minimum atomic E-state index is -0.787. The van der Waals surface area contributed by atoms with Gasteiger partial charge < -0.3 is 29.7 Å². The maximum Gasteiger partial charge on any atom is 0.306 e. The highest BCUT2D eigenvalue weighted by Gasteiger charge is 2.31. The molecule has 4 heterocycles. The molecule has 0 unspecified atom stereocenters. The Kier molecular flexibility index (Phi) is 6.45. The van der Waals surface area contributed by atoms with Gasteiger partial charge in [0.25, 0.3) is 0 Å². The number of hydrogen-bond donors (Lipinski definition) is 3. The van der Waals surface area contributed by atoms with Crippen LogP contribution in [0.3, 0.4) is 0 Å². The Labute approximate surface area is 212 Å². The first-order valence-corrected chi connectivity index (χ1v) is 12.4. The molecule has 1 aromatic carbocycles. The first-order chi connectivity index (χ1) is 17.7. The van der Waals surface area contributed by atoms with Crippen molar-refractivity contribution in [3.63, 3.8) is 0 Å². The number of aliphatic carboxylic acids is 2. The molecule has 11 nitrogen and oxygen atoms in total. The number of pyridine rings is 1. The molecule has 0 atom stereocenters. The zero-order valence-electron chi connectivity index (χ0n) is 20.5. The van der Waals surface area contributed by atoms with Crippen LogP contribution >= 0.6 is 0 Å². The molecule has 2 fully saturated rings. The summed E-state index contributed by atoms with van der Waals surface area (Å²) in [5.41, 5.74) is 1.95. The number of carboxylic acids is 2. The van der Waals surface area contributed by atoms with Gasteiger partial charge in [0, 0.05) is 44.1 Å². The fourth-order valence-corrected chi connectivity index (χ4v) is 5.18. The second-order valence-corrected chi connectivity index (χ2v) is 9.73. The predicted molar refractivity (Wildman–Crippen MR) is 137 cm³/mol. The number of rotatable bonds is 5. The molecule has 0 amide bonds. The van der Waals surface area contributed by atoms with Gasteiger partial charge in [-0.05, 0) is 50.8 Å². The predicted octanol–water partition coefficient (Wildman–Crippen LogP) is 2.40. The fourth-order valence-electron chi connectivity index (χ4n) is 5.18. The summed E-state index contributed by atoms with van der Waals surface area (Å²) in [4.78, 5) is 48.8. The van der Waals surface area contributed by atoms with Gasteiger partial charge in [-0.2, -0.15) is 0 Å². The highest BCUT2D eigenvalue weighted by atomic mass is 16.4. The number of nitrogens with zero attached hydrogens (tertiary/aromatic N) is 5. The molecular formula is C26H29N5O6. The molecule has 2 saturated heterocycles. The van der Waals surface area contributed by atoms with E-state index >= 15 is 0 Å². The first kappa shape index (κ1) is 24.5. The van der Waals surface area contributed by atoms with Crippen LogP contribution in [-0.2, 0) is 9.59 Å². The second kappa shape index (κ2) is 9.72. The van der Waals surface area contributed by atoms with E-state index < -0.39 is 17.4 Å². The van der Waals surface area contributed by atoms with Gasteiger partial charge in [0.1, 0.15) is 0 Å². The molecule has 2 aliphatic heterocycles. The van der Waals surface area contributed by atoms with E-state index in [1.165, 1.54) is 6.07 Å². The lowest BCUT2D eigenvalue weighted by molar-refractivity contribution is -0.143. The summed E-state index contributed by atoms with van der Waals surface area (Å²) in [7, 11) is 0. The molecular weight excluding hydrogens is 478 g/mol. The lowest BCUT2D eigenvalue weighted by atomic mass is 9.96. The third-order valence-electron chi connectivity index (χ3n) is 7.49. The van der Waals surface area contributed by atoms with Crippen LogP contribution in [0.5, 0.6) is 5.75 Å². The molecule has 0 radical (unpaired) electrons. The molecule has 5 rings (SSSR count). The smallest absolute Gasteiger partial charge is 0.306 e. The third-order valence-corrected chi connectivity index (χ3v) is 7.49. The SMILES string of the molecule is Cc1c(O)c(=O)ccn1-c1ccc2nc(N3CCC(C(=O)O)CC3)c(N3CCC(C(=O)O)CC3)nc2c1. The number of aromatic nitrogens is 3. The summed E-state index contributed by atoms with van der Waals surface area (Å²) in [6.45, 7) is 3.81. The number of piperidine rings is 2. The monoisotopic (exact) mass is 507 g/mol. The fraction of sp³-hybridized carbons (Fsp3) is 0.423. The molecule has 194 valence electrons. The third kappa shape index (κ3) is 4.68. The Morgan fingerprint density at radius 1 is 0.838 bits per heavy atom. The minimum absolute atomic E-state index is 0.309.